The standard InChI is InChI=1S/C8H11N.C2H6.CH4S/c1-7-3-5-8(9-2)6-4-7;2*1-2/h3-6,9H,1-2H3;1-2H3;2H,1H3. The van der Waals surface area contributed by atoms with Crippen molar-refractivity contribution in [2.45, 2.75) is 20.8 Å². The summed E-state index contributed by atoms with van der Waals surface area (Å²) in [5, 5.41) is 3.05. The van der Waals surface area contributed by atoms with E-state index in [2.05, 4.69) is 49.1 Å². The Labute approximate surface area is 88.0 Å². The molecule has 0 radical (unpaired) electrons. The molecule has 0 aromatic heterocycles. The van der Waals surface area contributed by atoms with Gasteiger partial charge in [0.1, 0.15) is 0 Å². The molecular weight excluding hydrogens is 178 g/mol. The van der Waals surface area contributed by atoms with Gasteiger partial charge in [-0.15, -0.1) is 0 Å². The summed E-state index contributed by atoms with van der Waals surface area (Å²) in [6.07, 6.45) is 1.69. The van der Waals surface area contributed by atoms with Crippen molar-refractivity contribution in [1.29, 1.82) is 0 Å². The lowest BCUT2D eigenvalue weighted by molar-refractivity contribution is 1.44. The van der Waals surface area contributed by atoms with E-state index >= 15 is 0 Å². The van der Waals surface area contributed by atoms with Gasteiger partial charge in [0.15, 0.2) is 0 Å². The molecular formula is C11H21NS. The molecule has 76 valence electrons. The van der Waals surface area contributed by atoms with Gasteiger partial charge in [-0.1, -0.05) is 31.5 Å². The first-order chi connectivity index (χ1) is 6.33. The smallest absolute Gasteiger partial charge is 0.0337 e. The number of rotatable bonds is 1. The Morgan fingerprint density at radius 3 is 1.69 bits per heavy atom. The zero-order valence-corrected chi connectivity index (χ0v) is 10.2. The monoisotopic (exact) mass is 199 g/mol. The summed E-state index contributed by atoms with van der Waals surface area (Å²) in [4.78, 5) is 0. The predicted octanol–water partition coefficient (Wildman–Crippen LogP) is 3.61. The van der Waals surface area contributed by atoms with Crippen LogP contribution in [0.3, 0.4) is 0 Å². The first-order valence-electron chi connectivity index (χ1n) is 4.52. The molecule has 0 bridgehead atoms. The first-order valence-corrected chi connectivity index (χ1v) is 5.41. The molecule has 2 heteroatoms. The Kier molecular flexibility index (Phi) is 13.0. The third-order valence-corrected chi connectivity index (χ3v) is 1.34. The van der Waals surface area contributed by atoms with Crippen molar-refractivity contribution in [3.8, 4) is 0 Å². The quantitative estimate of drug-likeness (QED) is 0.658. The highest BCUT2D eigenvalue weighted by molar-refractivity contribution is 7.79. The summed E-state index contributed by atoms with van der Waals surface area (Å²) in [6, 6.07) is 8.31. The topological polar surface area (TPSA) is 12.0 Å². The van der Waals surface area contributed by atoms with E-state index in [1.165, 1.54) is 11.3 Å². The molecule has 1 aromatic rings. The fourth-order valence-corrected chi connectivity index (χ4v) is 0.720. The van der Waals surface area contributed by atoms with Gasteiger partial charge in [-0.3, -0.25) is 0 Å². The van der Waals surface area contributed by atoms with Crippen LogP contribution in [0, 0.1) is 6.92 Å². The third kappa shape index (κ3) is 7.72. The van der Waals surface area contributed by atoms with Gasteiger partial charge >= 0.3 is 0 Å². The molecule has 0 aliphatic rings. The van der Waals surface area contributed by atoms with Gasteiger partial charge in [0, 0.05) is 12.7 Å². The molecule has 0 fully saturated rings. The molecule has 1 N–H and O–H groups in total. The Balaban J connectivity index is 0. The van der Waals surface area contributed by atoms with Crippen LogP contribution in [0.15, 0.2) is 24.3 Å². The molecule has 0 aliphatic carbocycles. The minimum Gasteiger partial charge on any atom is -0.388 e. The van der Waals surface area contributed by atoms with Crippen LogP contribution >= 0.6 is 12.6 Å². The molecule has 0 spiro atoms. The second-order valence-corrected chi connectivity index (χ2v) is 2.12. The second-order valence-electron chi connectivity index (χ2n) is 2.12. The molecule has 0 saturated carbocycles. The maximum atomic E-state index is 3.53. The Bertz CT molecular complexity index is 182. The van der Waals surface area contributed by atoms with Gasteiger partial charge in [-0.25, -0.2) is 0 Å². The second kappa shape index (κ2) is 11.4. The summed E-state index contributed by atoms with van der Waals surface area (Å²) in [5.41, 5.74) is 2.47. The zero-order chi connectivity index (χ0) is 10.7. The third-order valence-electron chi connectivity index (χ3n) is 1.34. The van der Waals surface area contributed by atoms with Crippen LogP contribution in [0.4, 0.5) is 5.69 Å². The van der Waals surface area contributed by atoms with Gasteiger partial charge in [-0.05, 0) is 25.3 Å². The lowest BCUT2D eigenvalue weighted by Crippen LogP contribution is -1.85. The van der Waals surface area contributed by atoms with E-state index in [4.69, 9.17) is 0 Å². The van der Waals surface area contributed by atoms with Crippen molar-refractivity contribution in [3.63, 3.8) is 0 Å². The molecule has 1 nitrogen and oxygen atoms in total. The van der Waals surface area contributed by atoms with Crippen LogP contribution in [-0.4, -0.2) is 13.3 Å². The lowest BCUT2D eigenvalue weighted by Gasteiger charge is -1.97. The van der Waals surface area contributed by atoms with E-state index in [1.54, 1.807) is 6.26 Å². The normalized spacial score (nSPS) is 7.23. The number of aryl methyl sites for hydroxylation is 1. The number of thiol groups is 1. The van der Waals surface area contributed by atoms with Crippen LogP contribution in [0.1, 0.15) is 19.4 Å². The van der Waals surface area contributed by atoms with E-state index in [1.807, 2.05) is 20.9 Å². The van der Waals surface area contributed by atoms with Crippen LogP contribution in [-0.2, 0) is 0 Å². The van der Waals surface area contributed by atoms with Crippen molar-refractivity contribution in [2.24, 2.45) is 0 Å². The molecule has 1 rings (SSSR count). The molecule has 0 amide bonds. The zero-order valence-electron chi connectivity index (χ0n) is 9.26. The highest BCUT2D eigenvalue weighted by Gasteiger charge is 1.83. The first kappa shape index (κ1) is 14.9. The number of anilines is 1. The maximum absolute atomic E-state index is 3.53. The molecule has 0 unspecified atom stereocenters. The van der Waals surface area contributed by atoms with E-state index in [9.17, 15) is 0 Å². The average molecular weight is 199 g/mol. The Hall–Kier alpha value is -0.630. The maximum Gasteiger partial charge on any atom is 0.0337 e. The van der Waals surface area contributed by atoms with E-state index in [0.29, 0.717) is 0 Å². The van der Waals surface area contributed by atoms with Crippen LogP contribution in [0.5, 0.6) is 0 Å². The van der Waals surface area contributed by atoms with Crippen LogP contribution < -0.4 is 5.32 Å². The predicted molar refractivity (Wildman–Crippen MR) is 67.0 cm³/mol. The fourth-order valence-electron chi connectivity index (χ4n) is 0.720. The number of nitrogens with one attached hydrogen (secondary N) is 1. The highest BCUT2D eigenvalue weighted by Crippen LogP contribution is 2.06. The van der Waals surface area contributed by atoms with Gasteiger partial charge in [0.2, 0.25) is 0 Å². The van der Waals surface area contributed by atoms with E-state index < -0.39 is 0 Å². The van der Waals surface area contributed by atoms with Gasteiger partial charge < -0.3 is 5.32 Å². The number of hydrogen-bond acceptors (Lipinski definition) is 2. The van der Waals surface area contributed by atoms with Gasteiger partial charge in [0.05, 0.1) is 0 Å². The van der Waals surface area contributed by atoms with Gasteiger partial charge in [0.25, 0.3) is 0 Å². The number of benzene rings is 1. The molecule has 0 heterocycles. The highest BCUT2D eigenvalue weighted by atomic mass is 32.1. The van der Waals surface area contributed by atoms with E-state index in [0.717, 1.165) is 0 Å². The molecule has 0 aliphatic heterocycles. The van der Waals surface area contributed by atoms with Crippen molar-refractivity contribution in [3.05, 3.63) is 29.8 Å². The van der Waals surface area contributed by atoms with Crippen molar-refractivity contribution in [1.82, 2.24) is 0 Å². The minimum absolute atomic E-state index is 1.17. The minimum atomic E-state index is 1.17. The van der Waals surface area contributed by atoms with Gasteiger partial charge in [-0.2, -0.15) is 12.6 Å². The van der Waals surface area contributed by atoms with Crippen molar-refractivity contribution >= 4 is 18.3 Å². The molecule has 1 aromatic carbocycles. The van der Waals surface area contributed by atoms with E-state index in [-0.39, 0.29) is 0 Å². The average Bonchev–Trinajstić information content (AvgIpc) is 2.25. The fraction of sp³-hybridized carbons (Fsp3) is 0.455. The summed E-state index contributed by atoms with van der Waals surface area (Å²) < 4.78 is 0. The molecule has 0 saturated heterocycles. The molecule has 13 heavy (non-hydrogen) atoms. The summed E-state index contributed by atoms with van der Waals surface area (Å²) >= 11 is 3.53. The van der Waals surface area contributed by atoms with Crippen LogP contribution in [0.25, 0.3) is 0 Å². The summed E-state index contributed by atoms with van der Waals surface area (Å²) in [7, 11) is 1.92. The van der Waals surface area contributed by atoms with Crippen LogP contribution in [0.2, 0.25) is 0 Å². The number of hydrogen-bond donors (Lipinski definition) is 2. The Morgan fingerprint density at radius 2 is 1.38 bits per heavy atom. The summed E-state index contributed by atoms with van der Waals surface area (Å²) in [6.45, 7) is 6.08. The molecule has 0 atom stereocenters. The largest absolute Gasteiger partial charge is 0.388 e. The van der Waals surface area contributed by atoms with Crippen molar-refractivity contribution < 1.29 is 0 Å². The summed E-state index contributed by atoms with van der Waals surface area (Å²) in [5.74, 6) is 0. The van der Waals surface area contributed by atoms with Crippen molar-refractivity contribution in [2.75, 3.05) is 18.6 Å². The SMILES string of the molecule is CC.CNc1ccc(C)cc1.CS. The lowest BCUT2D eigenvalue weighted by atomic mass is 10.2. The Morgan fingerprint density at radius 1 is 1.00 bits per heavy atom.